The van der Waals surface area contributed by atoms with Crippen molar-refractivity contribution >= 4 is 32.5 Å². The molecule has 5 rings (SSSR count). The van der Waals surface area contributed by atoms with Gasteiger partial charge < -0.3 is 33.5 Å². The summed E-state index contributed by atoms with van der Waals surface area (Å²) in [5, 5.41) is 0. The van der Waals surface area contributed by atoms with E-state index in [4.69, 9.17) is 28.2 Å². The van der Waals surface area contributed by atoms with E-state index in [9.17, 15) is 29.0 Å². The van der Waals surface area contributed by atoms with Crippen molar-refractivity contribution in [2.24, 2.45) is 0 Å². The molecular formula is C34H29O12P. The summed E-state index contributed by atoms with van der Waals surface area (Å²) in [5.74, 6) is -3.41. The van der Waals surface area contributed by atoms with Crippen LogP contribution in [0.5, 0.6) is 0 Å². The molecule has 0 saturated carbocycles. The number of carbonyl (C=O) groups excluding carboxylic acids is 4. The van der Waals surface area contributed by atoms with Gasteiger partial charge in [-0.25, -0.2) is 19.2 Å². The third-order valence-electron chi connectivity index (χ3n) is 6.94. The molecule has 1 aliphatic heterocycles. The molecule has 0 aromatic heterocycles. The van der Waals surface area contributed by atoms with Crippen LogP contribution >= 0.6 is 8.60 Å². The Bertz CT molecular complexity index is 1640. The Morgan fingerprint density at radius 2 is 0.894 bits per heavy atom. The number of carbonyl (C=O) groups is 4. The molecular weight excluding hydrogens is 631 g/mol. The molecule has 1 fully saturated rings. The van der Waals surface area contributed by atoms with Gasteiger partial charge in [0, 0.05) is 0 Å². The second kappa shape index (κ2) is 16.0. The Labute approximate surface area is 270 Å². The van der Waals surface area contributed by atoms with Gasteiger partial charge in [0.1, 0.15) is 12.7 Å². The molecule has 47 heavy (non-hydrogen) atoms. The van der Waals surface area contributed by atoms with E-state index in [0.29, 0.717) is 0 Å². The molecule has 2 N–H and O–H groups in total. The third kappa shape index (κ3) is 8.85. The van der Waals surface area contributed by atoms with Gasteiger partial charge in [-0.05, 0) is 48.5 Å². The van der Waals surface area contributed by atoms with Crippen LogP contribution in [0.2, 0.25) is 0 Å². The minimum absolute atomic E-state index is 0.103. The molecule has 242 valence electrons. The van der Waals surface area contributed by atoms with Crippen LogP contribution in [-0.4, -0.2) is 71.0 Å². The fourth-order valence-electron chi connectivity index (χ4n) is 4.71. The van der Waals surface area contributed by atoms with Gasteiger partial charge in [-0.1, -0.05) is 72.8 Å². The van der Waals surface area contributed by atoms with E-state index in [1.165, 1.54) is 48.5 Å². The van der Waals surface area contributed by atoms with Crippen molar-refractivity contribution in [2.75, 3.05) is 6.61 Å². The molecule has 1 saturated heterocycles. The monoisotopic (exact) mass is 660 g/mol. The summed E-state index contributed by atoms with van der Waals surface area (Å²) in [6, 6.07) is 31.6. The maximum Gasteiger partial charge on any atom is 0.338 e. The third-order valence-corrected chi connectivity index (χ3v) is 7.33. The first-order chi connectivity index (χ1) is 22.8. The van der Waals surface area contributed by atoms with Crippen LogP contribution < -0.4 is 0 Å². The molecule has 5 atom stereocenters. The molecule has 0 aliphatic carbocycles. The van der Waals surface area contributed by atoms with E-state index in [1.807, 2.05) is 0 Å². The predicted octanol–water partition coefficient (Wildman–Crippen LogP) is 4.47. The molecule has 0 amide bonds. The zero-order valence-corrected chi connectivity index (χ0v) is 25.5. The Balaban J connectivity index is 1.54. The van der Waals surface area contributed by atoms with Gasteiger partial charge in [-0.2, -0.15) is 0 Å². The maximum absolute atomic E-state index is 13.4. The van der Waals surface area contributed by atoms with Crippen LogP contribution in [0.4, 0.5) is 0 Å². The molecule has 0 radical (unpaired) electrons. The van der Waals surface area contributed by atoms with Crippen molar-refractivity contribution < 1.29 is 57.2 Å². The van der Waals surface area contributed by atoms with Gasteiger partial charge in [0.25, 0.3) is 0 Å². The Kier molecular flexibility index (Phi) is 11.4. The summed E-state index contributed by atoms with van der Waals surface area (Å²) >= 11 is 0. The highest BCUT2D eigenvalue weighted by atomic mass is 31.2. The fraction of sp³-hybridized carbons (Fsp3) is 0.176. The SMILES string of the molecule is O=C(OC[C@H]1OC(OP(O)O)[C@@H](OC(=O)c2ccccc2)[C@@H](OC(=O)c2ccccc2)[C@@H]1OC(=O)c1ccccc1)c1ccccc1. The van der Waals surface area contributed by atoms with Gasteiger partial charge in [0.2, 0.25) is 6.29 Å². The van der Waals surface area contributed by atoms with E-state index in [1.54, 1.807) is 72.8 Å². The second-order valence-electron chi connectivity index (χ2n) is 10.1. The molecule has 4 aromatic rings. The molecule has 4 aromatic carbocycles. The number of hydrogen-bond donors (Lipinski definition) is 2. The summed E-state index contributed by atoms with van der Waals surface area (Å²) in [6.07, 6.45) is -8.16. The van der Waals surface area contributed by atoms with Gasteiger partial charge in [0.15, 0.2) is 18.3 Å². The van der Waals surface area contributed by atoms with Crippen LogP contribution in [0, 0.1) is 0 Å². The van der Waals surface area contributed by atoms with Crippen molar-refractivity contribution in [3.05, 3.63) is 144 Å². The lowest BCUT2D eigenvalue weighted by molar-refractivity contribution is -0.276. The predicted molar refractivity (Wildman–Crippen MR) is 165 cm³/mol. The maximum atomic E-state index is 13.4. The number of rotatable bonds is 11. The van der Waals surface area contributed by atoms with Crippen LogP contribution in [-0.2, 0) is 28.2 Å². The summed E-state index contributed by atoms with van der Waals surface area (Å²) < 4.78 is 34.1. The Morgan fingerprint density at radius 3 is 1.30 bits per heavy atom. The summed E-state index contributed by atoms with van der Waals surface area (Å²) in [7, 11) is -3.13. The lowest BCUT2D eigenvalue weighted by Crippen LogP contribution is -2.62. The lowest BCUT2D eigenvalue weighted by Gasteiger charge is -2.44. The number of benzene rings is 4. The summed E-state index contributed by atoms with van der Waals surface area (Å²) in [6.45, 7) is -0.576. The molecule has 0 bridgehead atoms. The molecule has 1 heterocycles. The molecule has 1 aliphatic rings. The highest BCUT2D eigenvalue weighted by Crippen LogP contribution is 2.37. The summed E-state index contributed by atoms with van der Waals surface area (Å²) in [5.41, 5.74) is 0.554. The van der Waals surface area contributed by atoms with Gasteiger partial charge in [-0.3, -0.25) is 4.52 Å². The van der Waals surface area contributed by atoms with Crippen molar-refractivity contribution in [1.82, 2.24) is 0 Å². The largest absolute Gasteiger partial charge is 0.459 e. The first-order valence-corrected chi connectivity index (χ1v) is 15.5. The van der Waals surface area contributed by atoms with Gasteiger partial charge in [-0.15, -0.1) is 0 Å². The van der Waals surface area contributed by atoms with Crippen molar-refractivity contribution in [3.8, 4) is 0 Å². The minimum Gasteiger partial charge on any atom is -0.459 e. The zero-order valence-electron chi connectivity index (χ0n) is 24.6. The van der Waals surface area contributed by atoms with E-state index in [2.05, 4.69) is 0 Å². The Morgan fingerprint density at radius 1 is 0.532 bits per heavy atom. The average Bonchev–Trinajstić information content (AvgIpc) is 3.10. The summed E-state index contributed by atoms with van der Waals surface area (Å²) in [4.78, 5) is 72.6. The topological polar surface area (TPSA) is 164 Å². The normalized spacial score (nSPS) is 20.5. The van der Waals surface area contributed by atoms with Crippen molar-refractivity contribution in [2.45, 2.75) is 30.7 Å². The van der Waals surface area contributed by atoms with E-state index in [0.717, 1.165) is 0 Å². The second-order valence-corrected chi connectivity index (χ2v) is 10.8. The first kappa shape index (κ1) is 33.4. The quantitative estimate of drug-likeness (QED) is 0.132. The number of esters is 4. The Hall–Kier alpha value is -4.97. The smallest absolute Gasteiger partial charge is 0.338 e. The van der Waals surface area contributed by atoms with E-state index in [-0.39, 0.29) is 22.3 Å². The first-order valence-electron chi connectivity index (χ1n) is 14.3. The van der Waals surface area contributed by atoms with E-state index >= 15 is 0 Å². The van der Waals surface area contributed by atoms with E-state index < -0.39 is 69.8 Å². The molecule has 12 nitrogen and oxygen atoms in total. The lowest BCUT2D eigenvalue weighted by atomic mass is 9.97. The number of ether oxygens (including phenoxy) is 5. The molecule has 1 unspecified atom stereocenters. The van der Waals surface area contributed by atoms with Crippen molar-refractivity contribution in [3.63, 3.8) is 0 Å². The number of hydrogen-bond acceptors (Lipinski definition) is 12. The van der Waals surface area contributed by atoms with Crippen molar-refractivity contribution in [1.29, 1.82) is 0 Å². The zero-order chi connectivity index (χ0) is 33.2. The fourth-order valence-corrected chi connectivity index (χ4v) is 5.06. The standard InChI is InChI=1S/C34H29O12P/c35-30(22-13-5-1-6-14-22)41-21-26-27(43-31(36)23-15-7-2-8-16-23)28(44-32(37)24-17-9-3-10-18-24)29(34(42-26)46-47(39)40)45-33(38)25-19-11-4-12-20-25/h1-20,26-29,34,39-40H,21H2/t26-,27-,28+,29+,34?/m1/s1. The minimum atomic E-state index is -3.13. The van der Waals surface area contributed by atoms with Crippen LogP contribution in [0.3, 0.4) is 0 Å². The van der Waals surface area contributed by atoms with Crippen LogP contribution in [0.15, 0.2) is 121 Å². The van der Waals surface area contributed by atoms with Crippen LogP contribution in [0.1, 0.15) is 41.4 Å². The average molecular weight is 661 g/mol. The van der Waals surface area contributed by atoms with Gasteiger partial charge >= 0.3 is 32.5 Å². The highest BCUT2D eigenvalue weighted by Gasteiger charge is 2.54. The van der Waals surface area contributed by atoms with Crippen LogP contribution in [0.25, 0.3) is 0 Å². The highest BCUT2D eigenvalue weighted by molar-refractivity contribution is 7.39. The molecule has 13 heteroatoms. The molecule has 0 spiro atoms. The van der Waals surface area contributed by atoms with Gasteiger partial charge in [0.05, 0.1) is 22.3 Å².